The summed E-state index contributed by atoms with van der Waals surface area (Å²) in [6.07, 6.45) is 9.06. The molecule has 0 aromatic carbocycles. The van der Waals surface area contributed by atoms with Gasteiger partial charge in [-0.25, -0.2) is 4.99 Å². The van der Waals surface area contributed by atoms with Gasteiger partial charge >= 0.3 is 0 Å². The van der Waals surface area contributed by atoms with Crippen molar-refractivity contribution in [2.24, 2.45) is 4.99 Å². The van der Waals surface area contributed by atoms with Gasteiger partial charge in [-0.15, -0.1) is 24.0 Å². The third-order valence-corrected chi connectivity index (χ3v) is 3.70. The van der Waals surface area contributed by atoms with Crippen molar-refractivity contribution < 1.29 is 4.42 Å². The molecule has 22 heavy (non-hydrogen) atoms. The van der Waals surface area contributed by atoms with Crippen LogP contribution in [0.25, 0.3) is 0 Å². The van der Waals surface area contributed by atoms with Gasteiger partial charge < -0.3 is 15.1 Å². The van der Waals surface area contributed by atoms with Gasteiger partial charge in [0.15, 0.2) is 5.96 Å². The second-order valence-electron chi connectivity index (χ2n) is 5.86. The van der Waals surface area contributed by atoms with Crippen molar-refractivity contribution in [2.45, 2.75) is 51.5 Å². The highest BCUT2D eigenvalue weighted by Gasteiger charge is 2.14. The van der Waals surface area contributed by atoms with Crippen LogP contribution in [0.5, 0.6) is 0 Å². The molecular weight excluding hydrogens is 389 g/mol. The fourth-order valence-electron chi connectivity index (χ4n) is 2.57. The van der Waals surface area contributed by atoms with E-state index in [0.717, 1.165) is 30.3 Å². The number of halogens is 1. The first-order valence-electron chi connectivity index (χ1n) is 7.95. The summed E-state index contributed by atoms with van der Waals surface area (Å²) in [5.74, 6) is 1.90. The molecule has 2 N–H and O–H groups in total. The molecule has 0 amide bonds. The first-order chi connectivity index (χ1) is 10.2. The lowest BCUT2D eigenvalue weighted by molar-refractivity contribution is 0.409. The highest BCUT2D eigenvalue weighted by atomic mass is 127. The molecule has 1 saturated carbocycles. The fourth-order valence-corrected chi connectivity index (χ4v) is 2.57. The minimum Gasteiger partial charge on any atom is -0.469 e. The third kappa shape index (κ3) is 7.33. The van der Waals surface area contributed by atoms with Gasteiger partial charge in [0, 0.05) is 19.0 Å². The molecule has 1 aliphatic rings. The van der Waals surface area contributed by atoms with Gasteiger partial charge in [0.05, 0.1) is 12.8 Å². The fraction of sp³-hybridized carbons (Fsp3) is 0.588. The van der Waals surface area contributed by atoms with Crippen LogP contribution in [0.4, 0.5) is 0 Å². The molecule has 2 rings (SSSR count). The molecule has 0 radical (unpaired) electrons. The number of aliphatic imine (C=N–C) groups is 1. The van der Waals surface area contributed by atoms with Crippen molar-refractivity contribution in [3.8, 4) is 0 Å². The van der Waals surface area contributed by atoms with E-state index in [1.165, 1.54) is 32.1 Å². The molecule has 5 heteroatoms. The first kappa shape index (κ1) is 19.1. The molecule has 0 atom stereocenters. The van der Waals surface area contributed by atoms with Crippen LogP contribution >= 0.6 is 24.0 Å². The summed E-state index contributed by atoms with van der Waals surface area (Å²) in [7, 11) is 0. The molecule has 0 saturated heterocycles. The summed E-state index contributed by atoms with van der Waals surface area (Å²) in [5, 5.41) is 6.96. The smallest absolute Gasteiger partial charge is 0.191 e. The summed E-state index contributed by atoms with van der Waals surface area (Å²) in [6.45, 7) is 7.41. The molecule has 1 fully saturated rings. The molecule has 1 aromatic rings. The van der Waals surface area contributed by atoms with Crippen LogP contribution in [-0.4, -0.2) is 25.1 Å². The van der Waals surface area contributed by atoms with Crippen LogP contribution in [0.15, 0.2) is 40.0 Å². The molecule has 4 nitrogen and oxygen atoms in total. The second kappa shape index (κ2) is 10.7. The van der Waals surface area contributed by atoms with E-state index in [0.29, 0.717) is 12.6 Å². The predicted molar refractivity (Wildman–Crippen MR) is 103 cm³/mol. The van der Waals surface area contributed by atoms with Crippen molar-refractivity contribution in [1.29, 1.82) is 0 Å². The molecular formula is C17H28IN3O. The number of rotatable bonds is 6. The highest BCUT2D eigenvalue weighted by Crippen LogP contribution is 2.17. The van der Waals surface area contributed by atoms with Crippen molar-refractivity contribution in [3.05, 3.63) is 36.3 Å². The molecule has 124 valence electrons. The zero-order valence-electron chi connectivity index (χ0n) is 13.4. The van der Waals surface area contributed by atoms with Crippen molar-refractivity contribution >= 4 is 29.9 Å². The molecule has 1 aliphatic carbocycles. The van der Waals surface area contributed by atoms with Crippen LogP contribution in [0.2, 0.25) is 0 Å². The van der Waals surface area contributed by atoms with Crippen LogP contribution < -0.4 is 10.6 Å². The molecule has 0 unspecified atom stereocenters. The summed E-state index contributed by atoms with van der Waals surface area (Å²) in [4.78, 5) is 4.60. The molecule has 1 aromatic heterocycles. The zero-order chi connectivity index (χ0) is 14.9. The summed E-state index contributed by atoms with van der Waals surface area (Å²) >= 11 is 0. The monoisotopic (exact) mass is 417 g/mol. The molecule has 0 aliphatic heterocycles. The van der Waals surface area contributed by atoms with E-state index in [1.807, 2.05) is 19.1 Å². The van der Waals surface area contributed by atoms with Gasteiger partial charge in [0.2, 0.25) is 0 Å². The summed E-state index contributed by atoms with van der Waals surface area (Å²) in [5.41, 5.74) is 1.07. The Labute approximate surface area is 150 Å². The van der Waals surface area contributed by atoms with E-state index in [1.54, 1.807) is 6.26 Å². The first-order valence-corrected chi connectivity index (χ1v) is 7.95. The number of nitrogens with one attached hydrogen (secondary N) is 2. The van der Waals surface area contributed by atoms with E-state index < -0.39 is 0 Å². The maximum atomic E-state index is 5.35. The van der Waals surface area contributed by atoms with Crippen LogP contribution in [-0.2, 0) is 6.42 Å². The Balaban J connectivity index is 0.00000242. The van der Waals surface area contributed by atoms with Gasteiger partial charge in [-0.1, -0.05) is 31.4 Å². The largest absolute Gasteiger partial charge is 0.469 e. The maximum absolute atomic E-state index is 5.35. The molecule has 0 bridgehead atoms. The quantitative estimate of drug-likeness (QED) is 0.320. The van der Waals surface area contributed by atoms with Crippen LogP contribution in [0.1, 0.15) is 44.8 Å². The zero-order valence-corrected chi connectivity index (χ0v) is 15.8. The highest BCUT2D eigenvalue weighted by molar-refractivity contribution is 14.0. The van der Waals surface area contributed by atoms with Crippen molar-refractivity contribution in [1.82, 2.24) is 10.6 Å². The Morgan fingerprint density at radius 2 is 2.14 bits per heavy atom. The van der Waals surface area contributed by atoms with Gasteiger partial charge in [0.1, 0.15) is 5.76 Å². The lowest BCUT2D eigenvalue weighted by atomic mass is 9.96. The third-order valence-electron chi connectivity index (χ3n) is 3.70. The summed E-state index contributed by atoms with van der Waals surface area (Å²) < 4.78 is 5.35. The predicted octanol–water partition coefficient (Wildman–Crippen LogP) is 3.88. The average Bonchev–Trinajstić information content (AvgIpc) is 2.99. The number of hydrogen-bond acceptors (Lipinski definition) is 2. The van der Waals surface area contributed by atoms with Gasteiger partial charge in [-0.05, 0) is 31.9 Å². The van der Waals surface area contributed by atoms with E-state index in [9.17, 15) is 0 Å². The lowest BCUT2D eigenvalue weighted by Crippen LogP contribution is -2.45. The van der Waals surface area contributed by atoms with Crippen LogP contribution in [0.3, 0.4) is 0 Å². The molecule has 1 heterocycles. The Morgan fingerprint density at radius 3 is 2.77 bits per heavy atom. The number of guanidine groups is 1. The summed E-state index contributed by atoms with van der Waals surface area (Å²) in [6, 6.07) is 4.48. The molecule has 0 spiro atoms. The average molecular weight is 417 g/mol. The van der Waals surface area contributed by atoms with Gasteiger partial charge in [0.25, 0.3) is 0 Å². The van der Waals surface area contributed by atoms with Crippen molar-refractivity contribution in [2.75, 3.05) is 13.1 Å². The van der Waals surface area contributed by atoms with Crippen molar-refractivity contribution in [3.63, 3.8) is 0 Å². The number of nitrogens with zero attached hydrogens (tertiary/aromatic N) is 1. The minimum absolute atomic E-state index is 0. The Hall–Kier alpha value is -0.980. The second-order valence-corrected chi connectivity index (χ2v) is 5.86. The number of furan rings is 1. The van der Waals surface area contributed by atoms with Crippen LogP contribution in [0, 0.1) is 0 Å². The van der Waals surface area contributed by atoms with Gasteiger partial charge in [-0.2, -0.15) is 0 Å². The van der Waals surface area contributed by atoms with E-state index in [-0.39, 0.29) is 24.0 Å². The standard InChI is InChI=1S/C17H27N3O.HI/c1-14(2)13-19-17(20-15-7-4-3-5-8-15)18-11-10-16-9-6-12-21-16;/h6,9,12,15H,1,3-5,7-8,10-11,13H2,2H3,(H2,18,19,20);1H. The van der Waals surface area contributed by atoms with Gasteiger partial charge in [-0.3, -0.25) is 0 Å². The normalized spacial score (nSPS) is 16.0. The lowest BCUT2D eigenvalue weighted by Gasteiger charge is -2.25. The van der Waals surface area contributed by atoms with E-state index in [2.05, 4.69) is 22.2 Å². The number of hydrogen-bond donors (Lipinski definition) is 2. The maximum Gasteiger partial charge on any atom is 0.191 e. The SMILES string of the molecule is C=C(C)CN=C(NCCc1ccco1)NC1CCCCC1.I. The Morgan fingerprint density at radius 1 is 1.36 bits per heavy atom. The topological polar surface area (TPSA) is 49.6 Å². The minimum atomic E-state index is 0. The Kier molecular flexibility index (Phi) is 9.27. The van der Waals surface area contributed by atoms with E-state index in [4.69, 9.17) is 4.42 Å². The Bertz CT molecular complexity index is 450. The van der Waals surface area contributed by atoms with E-state index >= 15 is 0 Å².